The van der Waals surface area contributed by atoms with Gasteiger partial charge in [0.2, 0.25) is 0 Å². The van der Waals surface area contributed by atoms with Crippen LogP contribution in [0.1, 0.15) is 77.0 Å². The topological polar surface area (TPSA) is 177 Å². The summed E-state index contributed by atoms with van der Waals surface area (Å²) in [6, 6.07) is 0. The molecular formula is C32H56AuN8O4. The Bertz CT molecular complexity index is 989. The standard InChI is InChI=1S/C32H56N8O4.Au/c41-21-19-20(22(42)24(44)23(21)43)32-39-30-18-12-6-4-10-16(18)28(37-30)35-26-14-8-2-1-7-13(14)25(33-26)34-27-15-9-3-5-11-17(15)29(36-27)38-31(19)40-32;/h13-44H,1-12H2;. The van der Waals surface area contributed by atoms with E-state index in [4.69, 9.17) is 0 Å². The molecule has 0 aromatic heterocycles. The van der Waals surface area contributed by atoms with Crippen molar-refractivity contribution in [2.24, 2.45) is 47.3 Å². The Morgan fingerprint density at radius 3 is 0.733 bits per heavy atom. The van der Waals surface area contributed by atoms with Gasteiger partial charge in [0.15, 0.2) is 0 Å². The Balaban J connectivity index is 0.00000300. The summed E-state index contributed by atoms with van der Waals surface area (Å²) in [5.41, 5.74) is 0. The normalized spacial score (nSPS) is 58.9. The van der Waals surface area contributed by atoms with Crippen LogP contribution in [0, 0.1) is 47.3 Å². The summed E-state index contributed by atoms with van der Waals surface area (Å²) in [6.07, 6.45) is 10.2. The summed E-state index contributed by atoms with van der Waals surface area (Å²) in [5.74, 6) is 2.30. The molecule has 0 aromatic carbocycles. The van der Waals surface area contributed by atoms with Gasteiger partial charge in [-0.3, -0.25) is 42.5 Å². The molecule has 4 saturated carbocycles. The minimum absolute atomic E-state index is 0. The van der Waals surface area contributed by atoms with E-state index in [0.717, 1.165) is 12.8 Å². The third kappa shape index (κ3) is 5.38. The van der Waals surface area contributed by atoms with Crippen LogP contribution >= 0.6 is 0 Å². The molecule has 4 aliphatic carbocycles. The third-order valence-corrected chi connectivity index (χ3v) is 14.1. The fraction of sp³-hybridized carbons (Fsp3) is 1.00. The summed E-state index contributed by atoms with van der Waals surface area (Å²) in [7, 11) is 0. The van der Waals surface area contributed by atoms with E-state index in [9.17, 15) is 20.4 Å². The molecule has 20 unspecified atom stereocenters. The first-order valence-corrected chi connectivity index (χ1v) is 18.3. The molecule has 5 heterocycles. The SMILES string of the molecule is OC1C(O)C(O)C2C3NC4NC(NC5NC(NC6NC(NC(N3)C2C1O)C1CCCCC61)C1CCCCC51)C1CCCCC41.[Au]. The predicted molar refractivity (Wildman–Crippen MR) is 163 cm³/mol. The summed E-state index contributed by atoms with van der Waals surface area (Å²) < 4.78 is 0. The summed E-state index contributed by atoms with van der Waals surface area (Å²) >= 11 is 0. The predicted octanol–water partition coefficient (Wildman–Crippen LogP) is -1.51. The van der Waals surface area contributed by atoms with Gasteiger partial charge in [-0.05, 0) is 74.0 Å². The summed E-state index contributed by atoms with van der Waals surface area (Å²) in [6.45, 7) is 0. The second-order valence-corrected chi connectivity index (χ2v) is 16.1. The van der Waals surface area contributed by atoms with Crippen LogP contribution in [-0.2, 0) is 22.4 Å². The second kappa shape index (κ2) is 12.9. The first-order chi connectivity index (χ1) is 21.5. The first-order valence-electron chi connectivity index (χ1n) is 18.3. The Morgan fingerprint density at radius 1 is 0.289 bits per heavy atom. The Morgan fingerprint density at radius 2 is 0.489 bits per heavy atom. The van der Waals surface area contributed by atoms with Gasteiger partial charge >= 0.3 is 0 Å². The Kier molecular flexibility index (Phi) is 9.28. The zero-order chi connectivity index (χ0) is 29.7. The van der Waals surface area contributed by atoms with Gasteiger partial charge in [-0.2, -0.15) is 0 Å². The third-order valence-electron chi connectivity index (χ3n) is 14.1. The van der Waals surface area contributed by atoms with E-state index in [0.29, 0.717) is 35.5 Å². The molecule has 8 bridgehead atoms. The molecule has 9 rings (SSSR count). The second-order valence-electron chi connectivity index (χ2n) is 16.1. The molecule has 0 amide bonds. The molecule has 1 radical (unpaired) electrons. The molecule has 9 aliphatic rings. The number of aliphatic hydroxyl groups is 4. The van der Waals surface area contributed by atoms with Crippen molar-refractivity contribution in [3.8, 4) is 0 Å². The van der Waals surface area contributed by atoms with Gasteiger partial charge in [-0.1, -0.05) is 38.5 Å². The molecule has 5 aliphatic heterocycles. The number of fused-ring (bicyclic) bond motifs is 20. The van der Waals surface area contributed by atoms with Gasteiger partial charge in [-0.15, -0.1) is 0 Å². The van der Waals surface area contributed by atoms with Crippen LogP contribution in [0.3, 0.4) is 0 Å². The van der Waals surface area contributed by atoms with Crippen LogP contribution in [0.2, 0.25) is 0 Å². The zero-order valence-corrected chi connectivity index (χ0v) is 28.3. The molecular weight excluding hydrogens is 757 g/mol. The smallest absolute Gasteiger partial charge is 0.109 e. The summed E-state index contributed by atoms with van der Waals surface area (Å²) in [5, 5.41) is 76.2. The number of nitrogens with one attached hydrogen (secondary N) is 8. The Labute approximate surface area is 282 Å². The van der Waals surface area contributed by atoms with Crippen LogP contribution in [0.15, 0.2) is 0 Å². The first kappa shape index (κ1) is 32.5. The van der Waals surface area contributed by atoms with E-state index < -0.39 is 36.3 Å². The average molecular weight is 814 g/mol. The fourth-order valence-corrected chi connectivity index (χ4v) is 12.1. The molecule has 5 saturated heterocycles. The summed E-state index contributed by atoms with van der Waals surface area (Å²) in [4.78, 5) is 0. The van der Waals surface area contributed by atoms with Crippen molar-refractivity contribution in [1.82, 2.24) is 42.5 Å². The molecule has 12 N–H and O–H groups in total. The quantitative estimate of drug-likeness (QED) is 0.128. The maximum Gasteiger partial charge on any atom is 0.109 e. The van der Waals surface area contributed by atoms with Crippen molar-refractivity contribution in [2.45, 2.75) is 151 Å². The van der Waals surface area contributed by atoms with Crippen LogP contribution in [-0.4, -0.2) is 94.2 Å². The van der Waals surface area contributed by atoms with Gasteiger partial charge in [-0.25, -0.2) is 0 Å². The van der Waals surface area contributed by atoms with Crippen LogP contribution in [0.5, 0.6) is 0 Å². The van der Waals surface area contributed by atoms with E-state index >= 15 is 0 Å². The largest absolute Gasteiger partial charge is 0.390 e. The number of hydrogen-bond donors (Lipinski definition) is 12. The van der Waals surface area contributed by atoms with Crippen LogP contribution in [0.4, 0.5) is 0 Å². The van der Waals surface area contributed by atoms with E-state index in [-0.39, 0.29) is 71.7 Å². The molecule has 0 spiro atoms. The van der Waals surface area contributed by atoms with E-state index in [1.807, 2.05) is 0 Å². The maximum absolute atomic E-state index is 11.4. The molecule has 9 fully saturated rings. The van der Waals surface area contributed by atoms with Crippen LogP contribution < -0.4 is 42.5 Å². The van der Waals surface area contributed by atoms with Crippen molar-refractivity contribution in [3.05, 3.63) is 0 Å². The van der Waals surface area contributed by atoms with Crippen molar-refractivity contribution < 1.29 is 42.8 Å². The molecule has 0 aromatic rings. The van der Waals surface area contributed by atoms with Gasteiger partial charge in [0.25, 0.3) is 0 Å². The van der Waals surface area contributed by atoms with Crippen molar-refractivity contribution in [1.29, 1.82) is 0 Å². The minimum atomic E-state index is -1.38. The van der Waals surface area contributed by atoms with E-state index in [1.54, 1.807) is 0 Å². The number of rotatable bonds is 0. The average Bonchev–Trinajstić information content (AvgIpc) is 3.78. The van der Waals surface area contributed by atoms with Gasteiger partial charge in [0.1, 0.15) is 12.2 Å². The van der Waals surface area contributed by atoms with E-state index in [1.165, 1.54) is 64.2 Å². The fourth-order valence-electron chi connectivity index (χ4n) is 12.1. The molecule has 13 heteroatoms. The molecule has 259 valence electrons. The number of hydrogen-bond acceptors (Lipinski definition) is 12. The zero-order valence-electron chi connectivity index (χ0n) is 26.1. The molecule has 12 nitrogen and oxygen atoms in total. The Hall–Kier alpha value is 0.260. The van der Waals surface area contributed by atoms with Gasteiger partial charge < -0.3 is 20.4 Å². The van der Waals surface area contributed by atoms with Crippen molar-refractivity contribution in [2.75, 3.05) is 0 Å². The van der Waals surface area contributed by atoms with Crippen LogP contribution in [0.25, 0.3) is 0 Å². The molecule has 20 atom stereocenters. The monoisotopic (exact) mass is 813 g/mol. The van der Waals surface area contributed by atoms with Crippen molar-refractivity contribution >= 4 is 0 Å². The van der Waals surface area contributed by atoms with Crippen molar-refractivity contribution in [3.63, 3.8) is 0 Å². The number of aliphatic hydroxyl groups excluding tert-OH is 4. The minimum Gasteiger partial charge on any atom is -0.390 e. The van der Waals surface area contributed by atoms with Gasteiger partial charge in [0, 0.05) is 34.2 Å². The van der Waals surface area contributed by atoms with Gasteiger partial charge in [0.05, 0.1) is 61.5 Å². The van der Waals surface area contributed by atoms with E-state index in [2.05, 4.69) is 42.5 Å². The maximum atomic E-state index is 11.4. The molecule has 45 heavy (non-hydrogen) atoms.